The number of rotatable bonds is 2. The maximum Gasteiger partial charge on any atom is 0.224 e. The van der Waals surface area contributed by atoms with Crippen molar-refractivity contribution >= 4 is 21.8 Å². The van der Waals surface area contributed by atoms with Crippen molar-refractivity contribution in [1.29, 1.82) is 0 Å². The highest BCUT2D eigenvalue weighted by Crippen LogP contribution is 2.11. The van der Waals surface area contributed by atoms with Crippen LogP contribution in [0.2, 0.25) is 0 Å². The highest BCUT2D eigenvalue weighted by Gasteiger charge is 1.99. The first kappa shape index (κ1) is 9.26. The first-order chi connectivity index (χ1) is 5.72. The fraction of sp³-hybridized carbons (Fsp3) is 0.222. The van der Waals surface area contributed by atoms with E-state index in [4.69, 9.17) is 0 Å². The lowest BCUT2D eigenvalue weighted by Crippen LogP contribution is -2.19. The van der Waals surface area contributed by atoms with Gasteiger partial charge in [0.2, 0.25) is 5.91 Å². The molecule has 1 N–H and O–H groups in total. The van der Waals surface area contributed by atoms with Crippen LogP contribution in [0.3, 0.4) is 0 Å². The number of nitrogens with one attached hydrogen (secondary N) is 1. The summed E-state index contributed by atoms with van der Waals surface area (Å²) in [6.45, 7) is 0. The van der Waals surface area contributed by atoms with Crippen LogP contribution in [0, 0.1) is 0 Å². The van der Waals surface area contributed by atoms with E-state index in [0.717, 1.165) is 10.0 Å². The highest BCUT2D eigenvalue weighted by atomic mass is 79.9. The topological polar surface area (TPSA) is 29.1 Å². The first-order valence-electron chi connectivity index (χ1n) is 3.67. The smallest absolute Gasteiger partial charge is 0.224 e. The Kier molecular flexibility index (Phi) is 3.29. The van der Waals surface area contributed by atoms with E-state index in [9.17, 15) is 4.79 Å². The number of carbonyl (C=O) groups is 1. The predicted molar refractivity (Wildman–Crippen MR) is 51.9 cm³/mol. The molecule has 0 aliphatic carbocycles. The standard InChI is InChI=1S/C9H10BrNO/c1-11-9(12)6-7-3-2-4-8(10)5-7/h2-5H,6H2,1H3,(H,11,12). The van der Waals surface area contributed by atoms with Gasteiger partial charge in [-0.15, -0.1) is 0 Å². The van der Waals surface area contributed by atoms with Gasteiger partial charge >= 0.3 is 0 Å². The predicted octanol–water partition coefficient (Wildman–Crippen LogP) is 1.74. The number of amides is 1. The molecular weight excluding hydrogens is 218 g/mol. The summed E-state index contributed by atoms with van der Waals surface area (Å²) in [6.07, 6.45) is 0.440. The lowest BCUT2D eigenvalue weighted by Gasteiger charge is -1.99. The SMILES string of the molecule is CNC(=O)Cc1cccc(Br)c1. The Morgan fingerprint density at radius 1 is 1.58 bits per heavy atom. The summed E-state index contributed by atoms with van der Waals surface area (Å²) in [5.74, 6) is 0.0353. The molecule has 2 nitrogen and oxygen atoms in total. The number of benzene rings is 1. The molecule has 12 heavy (non-hydrogen) atoms. The van der Waals surface area contributed by atoms with Crippen molar-refractivity contribution in [3.8, 4) is 0 Å². The molecule has 0 unspecified atom stereocenters. The molecule has 0 heterocycles. The van der Waals surface area contributed by atoms with E-state index in [1.807, 2.05) is 24.3 Å². The van der Waals surface area contributed by atoms with Crippen LogP contribution in [0.1, 0.15) is 5.56 Å². The van der Waals surface area contributed by atoms with Crippen LogP contribution >= 0.6 is 15.9 Å². The fourth-order valence-corrected chi connectivity index (χ4v) is 1.37. The molecule has 0 saturated heterocycles. The molecule has 0 aromatic heterocycles. The Morgan fingerprint density at radius 2 is 2.33 bits per heavy atom. The van der Waals surface area contributed by atoms with Gasteiger partial charge in [-0.1, -0.05) is 28.1 Å². The molecule has 1 aromatic rings. The summed E-state index contributed by atoms with van der Waals surface area (Å²) >= 11 is 3.34. The van der Waals surface area contributed by atoms with Crippen molar-refractivity contribution in [1.82, 2.24) is 5.32 Å². The van der Waals surface area contributed by atoms with Crippen molar-refractivity contribution in [2.75, 3.05) is 7.05 Å². The van der Waals surface area contributed by atoms with Crippen molar-refractivity contribution in [2.24, 2.45) is 0 Å². The molecule has 0 radical (unpaired) electrons. The summed E-state index contributed by atoms with van der Waals surface area (Å²) in [4.78, 5) is 11.0. The maximum atomic E-state index is 11.0. The van der Waals surface area contributed by atoms with Gasteiger partial charge in [-0.2, -0.15) is 0 Å². The molecular formula is C9H10BrNO. The molecule has 0 fully saturated rings. The minimum atomic E-state index is 0.0353. The van der Waals surface area contributed by atoms with E-state index in [1.165, 1.54) is 0 Å². The molecule has 0 atom stereocenters. The minimum absolute atomic E-state index is 0.0353. The van der Waals surface area contributed by atoms with Gasteiger partial charge < -0.3 is 5.32 Å². The van der Waals surface area contributed by atoms with Gasteiger partial charge in [0.15, 0.2) is 0 Å². The van der Waals surface area contributed by atoms with Crippen molar-refractivity contribution < 1.29 is 4.79 Å². The number of halogens is 1. The number of likely N-dealkylation sites (N-methyl/N-ethyl adjacent to an activating group) is 1. The number of hydrogen-bond acceptors (Lipinski definition) is 1. The third-order valence-corrected chi connectivity index (χ3v) is 2.03. The van der Waals surface area contributed by atoms with Crippen LogP contribution in [-0.4, -0.2) is 13.0 Å². The largest absolute Gasteiger partial charge is 0.359 e. The van der Waals surface area contributed by atoms with Gasteiger partial charge in [-0.3, -0.25) is 4.79 Å². The highest BCUT2D eigenvalue weighted by molar-refractivity contribution is 9.10. The Morgan fingerprint density at radius 3 is 2.92 bits per heavy atom. The average Bonchev–Trinajstić information content (AvgIpc) is 2.04. The van der Waals surface area contributed by atoms with Crippen molar-refractivity contribution in [2.45, 2.75) is 6.42 Å². The molecule has 64 valence electrons. The Hall–Kier alpha value is -0.830. The Labute approximate surface area is 80.1 Å². The van der Waals surface area contributed by atoms with Gasteiger partial charge in [-0.25, -0.2) is 0 Å². The van der Waals surface area contributed by atoms with E-state index in [-0.39, 0.29) is 5.91 Å². The summed E-state index contributed by atoms with van der Waals surface area (Å²) in [6, 6.07) is 7.73. The minimum Gasteiger partial charge on any atom is -0.359 e. The fourth-order valence-electron chi connectivity index (χ4n) is 0.921. The molecule has 0 aliphatic rings. The van der Waals surface area contributed by atoms with Gasteiger partial charge in [-0.05, 0) is 17.7 Å². The lowest BCUT2D eigenvalue weighted by molar-refractivity contribution is -0.119. The van der Waals surface area contributed by atoms with Crippen LogP contribution in [0.25, 0.3) is 0 Å². The summed E-state index contributed by atoms with van der Waals surface area (Å²) < 4.78 is 1.00. The van der Waals surface area contributed by atoms with Gasteiger partial charge in [0.1, 0.15) is 0 Å². The summed E-state index contributed by atoms with van der Waals surface area (Å²) in [5.41, 5.74) is 1.02. The Balaban J connectivity index is 2.69. The second-order valence-electron chi connectivity index (χ2n) is 2.48. The quantitative estimate of drug-likeness (QED) is 0.820. The maximum absolute atomic E-state index is 11.0. The zero-order valence-electron chi connectivity index (χ0n) is 6.80. The molecule has 1 amide bonds. The second kappa shape index (κ2) is 4.26. The molecule has 0 bridgehead atoms. The second-order valence-corrected chi connectivity index (χ2v) is 3.40. The Bertz CT molecular complexity index is 286. The van der Waals surface area contributed by atoms with Crippen LogP contribution in [-0.2, 0) is 11.2 Å². The van der Waals surface area contributed by atoms with E-state index in [0.29, 0.717) is 6.42 Å². The van der Waals surface area contributed by atoms with Crippen LogP contribution in [0.4, 0.5) is 0 Å². The van der Waals surface area contributed by atoms with E-state index < -0.39 is 0 Å². The third-order valence-electron chi connectivity index (χ3n) is 1.53. The molecule has 0 saturated carbocycles. The zero-order valence-corrected chi connectivity index (χ0v) is 8.39. The molecule has 0 aliphatic heterocycles. The van der Waals surface area contributed by atoms with E-state index in [1.54, 1.807) is 7.05 Å². The summed E-state index contributed by atoms with van der Waals surface area (Å²) in [5, 5.41) is 2.58. The molecule has 1 rings (SSSR count). The molecule has 1 aromatic carbocycles. The zero-order chi connectivity index (χ0) is 8.97. The van der Waals surface area contributed by atoms with Crippen molar-refractivity contribution in [3.63, 3.8) is 0 Å². The lowest BCUT2D eigenvalue weighted by atomic mass is 10.1. The monoisotopic (exact) mass is 227 g/mol. The average molecular weight is 228 g/mol. The van der Waals surface area contributed by atoms with Crippen molar-refractivity contribution in [3.05, 3.63) is 34.3 Å². The summed E-state index contributed by atoms with van der Waals surface area (Å²) in [7, 11) is 1.64. The van der Waals surface area contributed by atoms with Gasteiger partial charge in [0.25, 0.3) is 0 Å². The van der Waals surface area contributed by atoms with E-state index >= 15 is 0 Å². The first-order valence-corrected chi connectivity index (χ1v) is 4.46. The van der Waals surface area contributed by atoms with Gasteiger partial charge in [0.05, 0.1) is 6.42 Å². The normalized spacial score (nSPS) is 9.50. The number of carbonyl (C=O) groups excluding carboxylic acids is 1. The third kappa shape index (κ3) is 2.66. The molecule has 0 spiro atoms. The van der Waals surface area contributed by atoms with Crippen LogP contribution < -0.4 is 5.32 Å². The number of hydrogen-bond donors (Lipinski definition) is 1. The molecule has 3 heteroatoms. The van der Waals surface area contributed by atoms with Crippen LogP contribution in [0.15, 0.2) is 28.7 Å². The van der Waals surface area contributed by atoms with Crippen LogP contribution in [0.5, 0.6) is 0 Å². The van der Waals surface area contributed by atoms with Gasteiger partial charge in [0, 0.05) is 11.5 Å². The van der Waals surface area contributed by atoms with E-state index in [2.05, 4.69) is 21.2 Å².